The van der Waals surface area contributed by atoms with Gasteiger partial charge in [0.25, 0.3) is 0 Å². The number of hydrogen-bond donors (Lipinski definition) is 2. The SMILES string of the molecule is CCOC(C)CCNC(=N)CCCSCC(C)(C)C(C)=O. The number of rotatable bonds is 12. The molecule has 0 saturated carbocycles. The zero-order valence-corrected chi connectivity index (χ0v) is 15.1. The molecular formula is C16H32N2O2S. The number of nitrogens with one attached hydrogen (secondary N) is 2. The molecule has 0 heterocycles. The van der Waals surface area contributed by atoms with E-state index in [0.717, 1.165) is 43.9 Å². The van der Waals surface area contributed by atoms with E-state index >= 15 is 0 Å². The van der Waals surface area contributed by atoms with Crippen molar-refractivity contribution in [1.82, 2.24) is 5.32 Å². The molecule has 0 spiro atoms. The molecule has 0 bridgehead atoms. The van der Waals surface area contributed by atoms with Crippen LogP contribution in [-0.2, 0) is 9.53 Å². The van der Waals surface area contributed by atoms with Gasteiger partial charge in [-0.3, -0.25) is 10.2 Å². The van der Waals surface area contributed by atoms with Gasteiger partial charge in [0.2, 0.25) is 0 Å². The first kappa shape index (κ1) is 20.5. The van der Waals surface area contributed by atoms with Crippen LogP contribution >= 0.6 is 11.8 Å². The average Bonchev–Trinajstić information content (AvgIpc) is 2.38. The van der Waals surface area contributed by atoms with Gasteiger partial charge in [-0.15, -0.1) is 0 Å². The van der Waals surface area contributed by atoms with E-state index in [0.29, 0.717) is 5.84 Å². The van der Waals surface area contributed by atoms with E-state index in [1.807, 2.05) is 20.8 Å². The molecule has 0 aliphatic heterocycles. The monoisotopic (exact) mass is 316 g/mol. The zero-order valence-electron chi connectivity index (χ0n) is 14.3. The molecule has 124 valence electrons. The van der Waals surface area contributed by atoms with Gasteiger partial charge in [-0.05, 0) is 39.4 Å². The van der Waals surface area contributed by atoms with Crippen LogP contribution < -0.4 is 5.32 Å². The van der Waals surface area contributed by atoms with Gasteiger partial charge in [0.15, 0.2) is 0 Å². The lowest BCUT2D eigenvalue weighted by molar-refractivity contribution is -0.123. The van der Waals surface area contributed by atoms with Crippen molar-refractivity contribution in [2.24, 2.45) is 5.41 Å². The number of ether oxygens (including phenoxy) is 1. The fourth-order valence-electron chi connectivity index (χ4n) is 1.66. The number of hydrogen-bond acceptors (Lipinski definition) is 4. The summed E-state index contributed by atoms with van der Waals surface area (Å²) in [6, 6.07) is 0. The second kappa shape index (κ2) is 11.1. The summed E-state index contributed by atoms with van der Waals surface area (Å²) in [7, 11) is 0. The number of ketones is 1. The first-order valence-electron chi connectivity index (χ1n) is 7.81. The van der Waals surface area contributed by atoms with E-state index in [9.17, 15) is 4.79 Å². The van der Waals surface area contributed by atoms with Gasteiger partial charge in [-0.1, -0.05) is 13.8 Å². The van der Waals surface area contributed by atoms with Crippen LogP contribution in [0.4, 0.5) is 0 Å². The highest BCUT2D eigenvalue weighted by Crippen LogP contribution is 2.23. The van der Waals surface area contributed by atoms with Crippen molar-refractivity contribution in [3.8, 4) is 0 Å². The van der Waals surface area contributed by atoms with Crippen LogP contribution in [-0.4, -0.2) is 42.4 Å². The Labute approximate surface area is 134 Å². The molecule has 4 nitrogen and oxygen atoms in total. The molecule has 0 aromatic carbocycles. The van der Waals surface area contributed by atoms with Gasteiger partial charge in [-0.2, -0.15) is 11.8 Å². The number of thioether (sulfide) groups is 1. The number of Topliss-reactive ketones (excluding diaryl/α,β-unsaturated/α-hetero) is 1. The van der Waals surface area contributed by atoms with Crippen LogP contribution in [0.2, 0.25) is 0 Å². The van der Waals surface area contributed by atoms with Gasteiger partial charge in [0, 0.05) is 30.7 Å². The Bertz CT molecular complexity index is 319. The topological polar surface area (TPSA) is 62.2 Å². The van der Waals surface area contributed by atoms with Crippen molar-refractivity contribution >= 4 is 23.4 Å². The summed E-state index contributed by atoms with van der Waals surface area (Å²) in [6.07, 6.45) is 2.93. The molecule has 1 atom stereocenters. The van der Waals surface area contributed by atoms with Gasteiger partial charge in [0.05, 0.1) is 11.9 Å². The van der Waals surface area contributed by atoms with Crippen molar-refractivity contribution in [2.45, 2.75) is 60.0 Å². The minimum atomic E-state index is -0.230. The predicted octanol–water partition coefficient (Wildman–Crippen LogP) is 3.50. The normalized spacial score (nSPS) is 13.0. The first-order chi connectivity index (χ1) is 9.79. The Morgan fingerprint density at radius 2 is 2.10 bits per heavy atom. The predicted molar refractivity (Wildman–Crippen MR) is 92.5 cm³/mol. The summed E-state index contributed by atoms with van der Waals surface area (Å²) < 4.78 is 5.45. The molecule has 5 heteroatoms. The molecule has 0 rings (SSSR count). The Morgan fingerprint density at radius 1 is 1.43 bits per heavy atom. The van der Waals surface area contributed by atoms with Crippen LogP contribution in [0, 0.1) is 10.8 Å². The smallest absolute Gasteiger partial charge is 0.136 e. The number of carbonyl (C=O) groups is 1. The summed E-state index contributed by atoms with van der Waals surface area (Å²) in [5.41, 5.74) is -0.230. The van der Waals surface area contributed by atoms with Crippen molar-refractivity contribution in [3.63, 3.8) is 0 Å². The highest BCUT2D eigenvalue weighted by Gasteiger charge is 2.22. The fourth-order valence-corrected chi connectivity index (χ4v) is 2.87. The van der Waals surface area contributed by atoms with Gasteiger partial charge >= 0.3 is 0 Å². The molecule has 2 N–H and O–H groups in total. The molecule has 0 aromatic rings. The summed E-state index contributed by atoms with van der Waals surface area (Å²) >= 11 is 1.80. The van der Waals surface area contributed by atoms with E-state index in [-0.39, 0.29) is 17.3 Å². The summed E-state index contributed by atoms with van der Waals surface area (Å²) in [5.74, 6) is 2.70. The van der Waals surface area contributed by atoms with Crippen molar-refractivity contribution in [2.75, 3.05) is 24.7 Å². The molecular weight excluding hydrogens is 284 g/mol. The lowest BCUT2D eigenvalue weighted by Crippen LogP contribution is -2.26. The fraction of sp³-hybridized carbons (Fsp3) is 0.875. The Kier molecular flexibility index (Phi) is 10.8. The van der Waals surface area contributed by atoms with Crippen molar-refractivity contribution in [3.05, 3.63) is 0 Å². The third kappa shape index (κ3) is 10.8. The van der Waals surface area contributed by atoms with E-state index in [1.165, 1.54) is 0 Å². The molecule has 0 saturated heterocycles. The van der Waals surface area contributed by atoms with E-state index in [1.54, 1.807) is 18.7 Å². The van der Waals surface area contributed by atoms with Crippen LogP contribution in [0.3, 0.4) is 0 Å². The highest BCUT2D eigenvalue weighted by atomic mass is 32.2. The molecule has 0 aromatic heterocycles. The van der Waals surface area contributed by atoms with E-state index < -0.39 is 0 Å². The van der Waals surface area contributed by atoms with Crippen molar-refractivity contribution < 1.29 is 9.53 Å². The highest BCUT2D eigenvalue weighted by molar-refractivity contribution is 7.99. The zero-order chi connectivity index (χ0) is 16.3. The van der Waals surface area contributed by atoms with Gasteiger partial charge in [0.1, 0.15) is 5.78 Å². The Balaban J connectivity index is 3.56. The average molecular weight is 317 g/mol. The van der Waals surface area contributed by atoms with Crippen LogP contribution in [0.1, 0.15) is 53.9 Å². The van der Waals surface area contributed by atoms with Crippen LogP contribution in [0.5, 0.6) is 0 Å². The van der Waals surface area contributed by atoms with Gasteiger partial charge in [-0.25, -0.2) is 0 Å². The largest absolute Gasteiger partial charge is 0.379 e. The third-order valence-electron chi connectivity index (χ3n) is 3.47. The summed E-state index contributed by atoms with van der Waals surface area (Å²) in [6.45, 7) is 11.2. The molecule has 1 unspecified atom stereocenters. The van der Waals surface area contributed by atoms with Crippen LogP contribution in [0.25, 0.3) is 0 Å². The lowest BCUT2D eigenvalue weighted by Gasteiger charge is -2.20. The quantitative estimate of drug-likeness (QED) is 0.329. The van der Waals surface area contributed by atoms with Crippen molar-refractivity contribution in [1.29, 1.82) is 5.41 Å². The molecule has 21 heavy (non-hydrogen) atoms. The second-order valence-electron chi connectivity index (χ2n) is 6.06. The molecule has 0 aliphatic carbocycles. The summed E-state index contributed by atoms with van der Waals surface area (Å²) in [5, 5.41) is 11.0. The molecule has 0 aliphatic rings. The standard InChI is InChI=1S/C16H32N2O2S/c1-6-20-13(2)9-10-18-15(17)8-7-11-21-12-16(4,5)14(3)19/h13H,6-12H2,1-5H3,(H2,17,18). The molecule has 0 radical (unpaired) electrons. The van der Waals surface area contributed by atoms with Crippen LogP contribution in [0.15, 0.2) is 0 Å². The second-order valence-corrected chi connectivity index (χ2v) is 7.16. The minimum absolute atomic E-state index is 0.230. The van der Waals surface area contributed by atoms with E-state index in [2.05, 4.69) is 12.2 Å². The molecule has 0 fully saturated rings. The Morgan fingerprint density at radius 3 is 2.67 bits per heavy atom. The first-order valence-corrected chi connectivity index (χ1v) is 8.96. The summed E-state index contributed by atoms with van der Waals surface area (Å²) in [4.78, 5) is 11.4. The minimum Gasteiger partial charge on any atom is -0.379 e. The third-order valence-corrected chi connectivity index (χ3v) is 4.98. The number of carbonyl (C=O) groups excluding carboxylic acids is 1. The maximum atomic E-state index is 11.4. The maximum Gasteiger partial charge on any atom is 0.136 e. The van der Waals surface area contributed by atoms with E-state index in [4.69, 9.17) is 10.1 Å². The Hall–Kier alpha value is -0.550. The maximum absolute atomic E-state index is 11.4. The lowest BCUT2D eigenvalue weighted by atomic mass is 9.92. The number of amidine groups is 1. The molecule has 0 amide bonds. The van der Waals surface area contributed by atoms with Gasteiger partial charge < -0.3 is 10.1 Å².